The highest BCUT2D eigenvalue weighted by Crippen LogP contribution is 2.34. The van der Waals surface area contributed by atoms with Gasteiger partial charge in [0.25, 0.3) is 0 Å². The minimum atomic E-state index is 0.264. The Hall–Kier alpha value is -0.280. The molecule has 2 atom stereocenters. The quantitative estimate of drug-likeness (QED) is 0.911. The maximum Gasteiger partial charge on any atom is 0.0595 e. The molecular weight excluding hydrogens is 267 g/mol. The van der Waals surface area contributed by atoms with Gasteiger partial charge in [0.15, 0.2) is 0 Å². The molecule has 1 aliphatic heterocycles. The van der Waals surface area contributed by atoms with Crippen molar-refractivity contribution in [3.63, 3.8) is 0 Å². The Morgan fingerprint density at radius 2 is 2.17 bits per heavy atom. The number of benzene rings is 1. The van der Waals surface area contributed by atoms with Gasteiger partial charge in [0.1, 0.15) is 0 Å². The van der Waals surface area contributed by atoms with Gasteiger partial charge in [-0.15, -0.1) is 0 Å². The molecule has 1 aliphatic rings. The summed E-state index contributed by atoms with van der Waals surface area (Å²) in [6.45, 7) is 4.27. The molecule has 1 aromatic rings. The lowest BCUT2D eigenvalue weighted by atomic mass is 10.0. The Labute approximate surface area is 119 Å². The van der Waals surface area contributed by atoms with Gasteiger partial charge in [-0.25, -0.2) is 0 Å². The van der Waals surface area contributed by atoms with Crippen LogP contribution in [0.15, 0.2) is 18.2 Å². The zero-order chi connectivity index (χ0) is 13.1. The lowest BCUT2D eigenvalue weighted by Crippen LogP contribution is -2.29. The second-order valence-electron chi connectivity index (χ2n) is 5.13. The molecule has 2 rings (SSSR count). The van der Waals surface area contributed by atoms with E-state index in [1.54, 1.807) is 0 Å². The van der Waals surface area contributed by atoms with Gasteiger partial charge in [-0.3, -0.25) is 4.90 Å². The molecule has 0 aromatic heterocycles. The van der Waals surface area contributed by atoms with Crippen LogP contribution in [0, 0.1) is 0 Å². The van der Waals surface area contributed by atoms with E-state index < -0.39 is 0 Å². The standard InChI is InChI=1S/C14H20Cl2N2/c1-10(17)6-8-18-7-2-3-14(18)11-4-5-12(15)13(16)9-11/h4-5,9-10,14H,2-3,6-8,17H2,1H3. The Morgan fingerprint density at radius 1 is 1.39 bits per heavy atom. The zero-order valence-corrected chi connectivity index (χ0v) is 12.2. The van der Waals surface area contributed by atoms with E-state index in [1.165, 1.54) is 18.4 Å². The number of nitrogens with zero attached hydrogens (tertiary/aromatic N) is 1. The average molecular weight is 287 g/mol. The van der Waals surface area contributed by atoms with Crippen LogP contribution in [0.2, 0.25) is 10.0 Å². The summed E-state index contributed by atoms with van der Waals surface area (Å²) in [6, 6.07) is 6.71. The summed E-state index contributed by atoms with van der Waals surface area (Å²) in [4.78, 5) is 2.50. The molecule has 18 heavy (non-hydrogen) atoms. The van der Waals surface area contributed by atoms with Gasteiger partial charge in [-0.2, -0.15) is 0 Å². The number of likely N-dealkylation sites (tertiary alicyclic amines) is 1. The van der Waals surface area contributed by atoms with Crippen LogP contribution in [0.4, 0.5) is 0 Å². The predicted octanol–water partition coefficient (Wildman–Crippen LogP) is 3.87. The fourth-order valence-corrected chi connectivity index (χ4v) is 2.87. The highest BCUT2D eigenvalue weighted by atomic mass is 35.5. The predicted molar refractivity (Wildman–Crippen MR) is 78.3 cm³/mol. The fraction of sp³-hybridized carbons (Fsp3) is 0.571. The molecule has 0 radical (unpaired) electrons. The van der Waals surface area contributed by atoms with Crippen LogP contribution >= 0.6 is 23.2 Å². The van der Waals surface area contributed by atoms with Gasteiger partial charge < -0.3 is 5.73 Å². The molecule has 1 heterocycles. The van der Waals surface area contributed by atoms with Crippen LogP contribution in [0.5, 0.6) is 0 Å². The van der Waals surface area contributed by atoms with Crippen LogP contribution < -0.4 is 5.73 Å². The molecule has 4 heteroatoms. The summed E-state index contributed by atoms with van der Waals surface area (Å²) in [5, 5.41) is 1.27. The van der Waals surface area contributed by atoms with Gasteiger partial charge >= 0.3 is 0 Å². The first-order valence-corrected chi connectivity index (χ1v) is 7.28. The number of nitrogens with two attached hydrogens (primary N) is 1. The summed E-state index contributed by atoms with van der Waals surface area (Å²) in [5.41, 5.74) is 7.10. The van der Waals surface area contributed by atoms with Crippen molar-refractivity contribution in [2.75, 3.05) is 13.1 Å². The highest BCUT2D eigenvalue weighted by molar-refractivity contribution is 6.42. The Morgan fingerprint density at radius 3 is 2.83 bits per heavy atom. The lowest BCUT2D eigenvalue weighted by Gasteiger charge is -2.25. The summed E-state index contributed by atoms with van der Waals surface area (Å²) >= 11 is 12.1. The van der Waals surface area contributed by atoms with E-state index in [4.69, 9.17) is 28.9 Å². The minimum Gasteiger partial charge on any atom is -0.328 e. The molecule has 2 nitrogen and oxygen atoms in total. The van der Waals surface area contributed by atoms with Crippen molar-refractivity contribution in [3.8, 4) is 0 Å². The third-order valence-electron chi connectivity index (χ3n) is 3.56. The molecule has 0 aliphatic carbocycles. The average Bonchev–Trinajstić information content (AvgIpc) is 2.78. The molecule has 0 spiro atoms. The van der Waals surface area contributed by atoms with Gasteiger partial charge in [0, 0.05) is 18.6 Å². The van der Waals surface area contributed by atoms with E-state index in [0.29, 0.717) is 16.1 Å². The first-order valence-electron chi connectivity index (χ1n) is 6.52. The van der Waals surface area contributed by atoms with Gasteiger partial charge in [0.2, 0.25) is 0 Å². The van der Waals surface area contributed by atoms with Crippen molar-refractivity contribution >= 4 is 23.2 Å². The van der Waals surface area contributed by atoms with Crippen LogP contribution in [-0.2, 0) is 0 Å². The van der Waals surface area contributed by atoms with Crippen molar-refractivity contribution in [1.29, 1.82) is 0 Å². The topological polar surface area (TPSA) is 29.3 Å². The molecule has 1 fully saturated rings. The number of halogens is 2. The van der Waals surface area contributed by atoms with E-state index in [1.807, 2.05) is 12.1 Å². The Balaban J connectivity index is 2.08. The van der Waals surface area contributed by atoms with E-state index in [9.17, 15) is 0 Å². The minimum absolute atomic E-state index is 0.264. The van der Waals surface area contributed by atoms with Crippen LogP contribution in [0.3, 0.4) is 0 Å². The molecule has 0 amide bonds. The van der Waals surface area contributed by atoms with E-state index in [0.717, 1.165) is 19.5 Å². The monoisotopic (exact) mass is 286 g/mol. The molecule has 0 bridgehead atoms. The Bertz CT molecular complexity index is 407. The number of rotatable bonds is 4. The van der Waals surface area contributed by atoms with E-state index in [2.05, 4.69) is 17.9 Å². The molecule has 2 unspecified atom stereocenters. The highest BCUT2D eigenvalue weighted by Gasteiger charge is 2.25. The van der Waals surface area contributed by atoms with Crippen molar-refractivity contribution in [3.05, 3.63) is 33.8 Å². The number of hydrogen-bond donors (Lipinski definition) is 1. The molecule has 0 saturated carbocycles. The second-order valence-corrected chi connectivity index (χ2v) is 5.95. The van der Waals surface area contributed by atoms with Gasteiger partial charge in [-0.05, 0) is 50.4 Å². The smallest absolute Gasteiger partial charge is 0.0595 e. The molecular formula is C14H20Cl2N2. The van der Waals surface area contributed by atoms with Crippen molar-refractivity contribution in [2.24, 2.45) is 5.73 Å². The normalized spacial score (nSPS) is 22.3. The van der Waals surface area contributed by atoms with Crippen LogP contribution in [0.25, 0.3) is 0 Å². The van der Waals surface area contributed by atoms with E-state index >= 15 is 0 Å². The van der Waals surface area contributed by atoms with Gasteiger partial charge in [-0.1, -0.05) is 29.3 Å². The van der Waals surface area contributed by atoms with Crippen molar-refractivity contribution in [1.82, 2.24) is 4.90 Å². The first kappa shape index (κ1) is 14.1. The van der Waals surface area contributed by atoms with Crippen LogP contribution in [-0.4, -0.2) is 24.0 Å². The second kappa shape index (κ2) is 6.25. The molecule has 100 valence electrons. The third kappa shape index (κ3) is 3.39. The Kier molecular flexibility index (Phi) is 4.91. The summed E-state index contributed by atoms with van der Waals surface area (Å²) in [5.74, 6) is 0. The van der Waals surface area contributed by atoms with Crippen molar-refractivity contribution in [2.45, 2.75) is 38.3 Å². The maximum atomic E-state index is 6.10. The zero-order valence-electron chi connectivity index (χ0n) is 10.7. The first-order chi connectivity index (χ1) is 8.58. The van der Waals surface area contributed by atoms with E-state index in [-0.39, 0.29) is 6.04 Å². The maximum absolute atomic E-state index is 6.10. The molecule has 1 aromatic carbocycles. The SMILES string of the molecule is CC(N)CCN1CCCC1c1ccc(Cl)c(Cl)c1. The number of hydrogen-bond acceptors (Lipinski definition) is 2. The molecule has 2 N–H and O–H groups in total. The third-order valence-corrected chi connectivity index (χ3v) is 4.30. The summed E-state index contributed by atoms with van der Waals surface area (Å²) in [6.07, 6.45) is 3.47. The summed E-state index contributed by atoms with van der Waals surface area (Å²) in [7, 11) is 0. The van der Waals surface area contributed by atoms with Crippen LogP contribution in [0.1, 0.15) is 37.8 Å². The molecule has 1 saturated heterocycles. The summed E-state index contributed by atoms with van der Waals surface area (Å²) < 4.78 is 0. The fourth-order valence-electron chi connectivity index (χ4n) is 2.56. The van der Waals surface area contributed by atoms with Crippen molar-refractivity contribution < 1.29 is 0 Å². The lowest BCUT2D eigenvalue weighted by molar-refractivity contribution is 0.248. The van der Waals surface area contributed by atoms with Gasteiger partial charge in [0.05, 0.1) is 10.0 Å². The largest absolute Gasteiger partial charge is 0.328 e.